The lowest BCUT2D eigenvalue weighted by atomic mass is 10.0. The van der Waals surface area contributed by atoms with Crippen LogP contribution in [0.25, 0.3) is 5.57 Å². The van der Waals surface area contributed by atoms with Gasteiger partial charge < -0.3 is 15.7 Å². The molecule has 4 N–H and O–H groups in total. The van der Waals surface area contributed by atoms with Gasteiger partial charge >= 0.3 is 0 Å². The van der Waals surface area contributed by atoms with Crippen molar-refractivity contribution < 1.29 is 0 Å². The molecule has 1 aromatic heterocycles. The second kappa shape index (κ2) is 5.73. The van der Waals surface area contributed by atoms with E-state index >= 15 is 0 Å². The smallest absolute Gasteiger partial charge is 0.197 e. The first-order valence-electron chi connectivity index (χ1n) is 6.47. The SMILES string of the molecule is CCCNN1C=CC(c2cnc(N)[nH]2)=CC1CC. The predicted molar refractivity (Wildman–Crippen MR) is 74.3 cm³/mol. The Kier molecular flexibility index (Phi) is 4.04. The van der Waals surface area contributed by atoms with Gasteiger partial charge in [-0.15, -0.1) is 0 Å². The maximum absolute atomic E-state index is 5.60. The van der Waals surface area contributed by atoms with Crippen molar-refractivity contribution in [2.24, 2.45) is 0 Å². The molecule has 1 unspecified atom stereocenters. The van der Waals surface area contributed by atoms with E-state index in [-0.39, 0.29) is 0 Å². The van der Waals surface area contributed by atoms with Crippen molar-refractivity contribution in [2.45, 2.75) is 32.7 Å². The quantitative estimate of drug-likeness (QED) is 0.743. The molecule has 0 radical (unpaired) electrons. The van der Waals surface area contributed by atoms with Crippen LogP contribution in [0.4, 0.5) is 5.95 Å². The van der Waals surface area contributed by atoms with Crippen molar-refractivity contribution >= 4 is 11.5 Å². The molecule has 5 heteroatoms. The topological polar surface area (TPSA) is 70.0 Å². The van der Waals surface area contributed by atoms with E-state index < -0.39 is 0 Å². The van der Waals surface area contributed by atoms with E-state index in [4.69, 9.17) is 5.73 Å². The monoisotopic (exact) mass is 247 g/mol. The molecular formula is C13H21N5. The van der Waals surface area contributed by atoms with Crippen molar-refractivity contribution in [1.29, 1.82) is 0 Å². The standard InChI is InChI=1S/C13H21N5/c1-3-6-16-18-7-5-10(8-11(18)4-2)12-9-15-13(14)17-12/h5,7-9,11,16H,3-4,6H2,1-2H3,(H3,14,15,17). The van der Waals surface area contributed by atoms with Crippen LogP contribution in [-0.2, 0) is 0 Å². The Labute approximate surface area is 108 Å². The van der Waals surface area contributed by atoms with Crippen LogP contribution in [0.3, 0.4) is 0 Å². The first-order chi connectivity index (χ1) is 8.74. The molecule has 18 heavy (non-hydrogen) atoms. The number of nitrogens with zero attached hydrogens (tertiary/aromatic N) is 2. The number of H-pyrrole nitrogens is 1. The summed E-state index contributed by atoms with van der Waals surface area (Å²) in [5.74, 6) is 0.457. The third-order valence-electron chi connectivity index (χ3n) is 3.01. The van der Waals surface area contributed by atoms with E-state index in [0.29, 0.717) is 12.0 Å². The van der Waals surface area contributed by atoms with Gasteiger partial charge in [-0.2, -0.15) is 0 Å². The maximum atomic E-state index is 5.60. The molecule has 0 saturated heterocycles. The molecule has 1 aliphatic rings. The van der Waals surface area contributed by atoms with E-state index in [9.17, 15) is 0 Å². The molecule has 1 aromatic rings. The predicted octanol–water partition coefficient (Wildman–Crippen LogP) is 1.90. The highest BCUT2D eigenvalue weighted by Crippen LogP contribution is 2.22. The van der Waals surface area contributed by atoms with Gasteiger partial charge in [-0.05, 0) is 24.5 Å². The number of nitrogen functional groups attached to an aromatic ring is 1. The number of aromatic nitrogens is 2. The zero-order valence-corrected chi connectivity index (χ0v) is 11.0. The Balaban J connectivity index is 2.12. The molecule has 2 heterocycles. The number of nitrogens with two attached hydrogens (primary N) is 1. The van der Waals surface area contributed by atoms with Crippen molar-refractivity contribution in [3.63, 3.8) is 0 Å². The molecule has 0 spiro atoms. The number of rotatable bonds is 5. The van der Waals surface area contributed by atoms with E-state index in [2.05, 4.69) is 52.6 Å². The van der Waals surface area contributed by atoms with Gasteiger partial charge in [0.1, 0.15) is 0 Å². The van der Waals surface area contributed by atoms with Crippen LogP contribution >= 0.6 is 0 Å². The van der Waals surface area contributed by atoms with Gasteiger partial charge in [-0.1, -0.05) is 19.9 Å². The summed E-state index contributed by atoms with van der Waals surface area (Å²) in [6.45, 7) is 5.33. The lowest BCUT2D eigenvalue weighted by molar-refractivity contribution is 0.221. The zero-order chi connectivity index (χ0) is 13.0. The van der Waals surface area contributed by atoms with Crippen LogP contribution in [-0.4, -0.2) is 27.6 Å². The Hall–Kier alpha value is -1.75. The zero-order valence-electron chi connectivity index (χ0n) is 11.0. The Morgan fingerprint density at radius 2 is 2.33 bits per heavy atom. The van der Waals surface area contributed by atoms with E-state index in [1.807, 2.05) is 0 Å². The number of aromatic amines is 1. The summed E-state index contributed by atoms with van der Waals surface area (Å²) in [4.78, 5) is 7.09. The summed E-state index contributed by atoms with van der Waals surface area (Å²) in [6.07, 6.45) is 10.3. The second-order valence-corrected chi connectivity index (χ2v) is 4.41. The molecule has 0 fully saturated rings. The van der Waals surface area contributed by atoms with Crippen molar-refractivity contribution in [1.82, 2.24) is 20.4 Å². The largest absolute Gasteiger partial charge is 0.369 e. The fourth-order valence-corrected chi connectivity index (χ4v) is 2.00. The molecule has 2 rings (SSSR count). The molecular weight excluding hydrogens is 226 g/mol. The van der Waals surface area contributed by atoms with Crippen LogP contribution in [0.1, 0.15) is 32.4 Å². The minimum atomic E-state index is 0.362. The van der Waals surface area contributed by atoms with Gasteiger partial charge in [0.15, 0.2) is 5.95 Å². The third-order valence-corrected chi connectivity index (χ3v) is 3.01. The normalized spacial score (nSPS) is 19.1. The van der Waals surface area contributed by atoms with Gasteiger partial charge in [-0.25, -0.2) is 10.4 Å². The minimum absolute atomic E-state index is 0.362. The van der Waals surface area contributed by atoms with Crippen molar-refractivity contribution in [2.75, 3.05) is 12.3 Å². The molecule has 98 valence electrons. The van der Waals surface area contributed by atoms with E-state index in [1.165, 1.54) is 0 Å². The lowest BCUT2D eigenvalue weighted by Crippen LogP contribution is -2.42. The number of imidazole rings is 1. The first kappa shape index (κ1) is 12.7. The average molecular weight is 247 g/mol. The average Bonchev–Trinajstić information content (AvgIpc) is 2.83. The van der Waals surface area contributed by atoms with Crippen molar-refractivity contribution in [3.05, 3.63) is 30.2 Å². The second-order valence-electron chi connectivity index (χ2n) is 4.41. The summed E-state index contributed by atoms with van der Waals surface area (Å²) in [5, 5.41) is 2.16. The molecule has 0 aliphatic carbocycles. The van der Waals surface area contributed by atoms with Crippen LogP contribution in [0.15, 0.2) is 24.5 Å². The molecule has 1 aliphatic heterocycles. The Morgan fingerprint density at radius 3 is 2.94 bits per heavy atom. The van der Waals surface area contributed by atoms with Crippen LogP contribution in [0, 0.1) is 0 Å². The van der Waals surface area contributed by atoms with Gasteiger partial charge in [0.2, 0.25) is 0 Å². The van der Waals surface area contributed by atoms with Crippen LogP contribution in [0.2, 0.25) is 0 Å². The number of hydrogen-bond donors (Lipinski definition) is 3. The number of allylic oxidation sites excluding steroid dienone is 2. The number of hydrazine groups is 1. The van der Waals surface area contributed by atoms with Gasteiger partial charge in [-0.3, -0.25) is 0 Å². The lowest BCUT2D eigenvalue weighted by Gasteiger charge is -2.31. The first-order valence-corrected chi connectivity index (χ1v) is 6.47. The van der Waals surface area contributed by atoms with Crippen molar-refractivity contribution in [3.8, 4) is 0 Å². The highest BCUT2D eigenvalue weighted by molar-refractivity contribution is 5.73. The van der Waals surface area contributed by atoms with Gasteiger partial charge in [0.05, 0.1) is 17.9 Å². The fraction of sp³-hybridized carbons (Fsp3) is 0.462. The summed E-state index contributed by atoms with van der Waals surface area (Å²) in [6, 6.07) is 0.362. The fourth-order valence-electron chi connectivity index (χ4n) is 2.00. The summed E-state index contributed by atoms with van der Waals surface area (Å²) < 4.78 is 0. The molecule has 5 nitrogen and oxygen atoms in total. The number of nitrogens with one attached hydrogen (secondary N) is 2. The molecule has 1 atom stereocenters. The van der Waals surface area contributed by atoms with Crippen LogP contribution in [0.5, 0.6) is 0 Å². The van der Waals surface area contributed by atoms with Gasteiger partial charge in [0, 0.05) is 12.7 Å². The highest BCUT2D eigenvalue weighted by Gasteiger charge is 2.16. The molecule has 0 saturated carbocycles. The van der Waals surface area contributed by atoms with Crippen LogP contribution < -0.4 is 11.2 Å². The molecule has 0 bridgehead atoms. The van der Waals surface area contributed by atoms with E-state index in [0.717, 1.165) is 30.7 Å². The minimum Gasteiger partial charge on any atom is -0.369 e. The Bertz CT molecular complexity index is 446. The molecule has 0 aromatic carbocycles. The Morgan fingerprint density at radius 1 is 1.50 bits per heavy atom. The number of anilines is 1. The highest BCUT2D eigenvalue weighted by atomic mass is 15.5. The van der Waals surface area contributed by atoms with E-state index in [1.54, 1.807) is 6.20 Å². The summed E-state index contributed by atoms with van der Waals surface area (Å²) in [7, 11) is 0. The third kappa shape index (κ3) is 2.73. The maximum Gasteiger partial charge on any atom is 0.197 e. The number of hydrogen-bond acceptors (Lipinski definition) is 4. The van der Waals surface area contributed by atoms with Gasteiger partial charge in [0.25, 0.3) is 0 Å². The molecule has 0 amide bonds. The summed E-state index contributed by atoms with van der Waals surface area (Å²) in [5.41, 5.74) is 11.1. The summed E-state index contributed by atoms with van der Waals surface area (Å²) >= 11 is 0.